The molecule has 4 nitrogen and oxygen atoms in total. The van der Waals surface area contributed by atoms with E-state index in [-0.39, 0.29) is 17.7 Å². The maximum absolute atomic E-state index is 12.8. The normalized spacial score (nSPS) is 14.8. The van der Waals surface area contributed by atoms with E-state index in [1.807, 2.05) is 13.8 Å². The predicted octanol–water partition coefficient (Wildman–Crippen LogP) is 6.11. The van der Waals surface area contributed by atoms with Crippen molar-refractivity contribution >= 4 is 13.3 Å². The number of carbonyl (C=O) groups is 1. The molecule has 0 rings (SSSR count). The lowest BCUT2D eigenvalue weighted by atomic mass is 10.1. The first-order valence-electron chi connectivity index (χ1n) is 9.49. The van der Waals surface area contributed by atoms with Crippen LogP contribution in [-0.2, 0) is 13.9 Å². The Morgan fingerprint density at radius 2 is 1.67 bits per heavy atom. The average Bonchev–Trinajstić information content (AvgIpc) is 2.47. The Bertz CT molecular complexity index is 416. The van der Waals surface area contributed by atoms with Gasteiger partial charge in [0.15, 0.2) is 0 Å². The Morgan fingerprint density at radius 1 is 1.08 bits per heavy atom. The zero-order valence-electron chi connectivity index (χ0n) is 16.1. The highest BCUT2D eigenvalue weighted by molar-refractivity contribution is 7.59. The molecule has 0 heterocycles. The molecule has 0 amide bonds. The molecule has 0 aromatic carbocycles. The first-order valence-corrected chi connectivity index (χ1v) is 11.5. The number of hydrogen-bond donors (Lipinski definition) is 1. The number of aliphatic carboxylic acids is 1. The molecule has 1 N–H and O–H groups in total. The van der Waals surface area contributed by atoms with Gasteiger partial charge in [0.25, 0.3) is 0 Å². The summed E-state index contributed by atoms with van der Waals surface area (Å²) in [7, 11) is -2.91. The SMILES string of the molecule is CCCCCCCCC/C=C(\CP(=O)(CC(C)C)OCC)C(=O)O. The molecule has 0 radical (unpaired) electrons. The monoisotopic (exact) mass is 360 g/mol. The lowest BCUT2D eigenvalue weighted by Gasteiger charge is -2.20. The van der Waals surface area contributed by atoms with Gasteiger partial charge in [-0.3, -0.25) is 4.57 Å². The molecule has 0 saturated carbocycles. The lowest BCUT2D eigenvalue weighted by Crippen LogP contribution is -2.11. The zero-order valence-corrected chi connectivity index (χ0v) is 16.9. The largest absolute Gasteiger partial charge is 0.478 e. The van der Waals surface area contributed by atoms with Gasteiger partial charge in [0.1, 0.15) is 0 Å². The quantitative estimate of drug-likeness (QED) is 0.217. The molecule has 0 spiro atoms. The summed E-state index contributed by atoms with van der Waals surface area (Å²) in [4.78, 5) is 11.5. The average molecular weight is 360 g/mol. The summed E-state index contributed by atoms with van der Waals surface area (Å²) in [6, 6.07) is 0. The molecule has 0 bridgehead atoms. The van der Waals surface area contributed by atoms with Crippen molar-refractivity contribution in [1.29, 1.82) is 0 Å². The molecule has 0 aromatic heterocycles. The van der Waals surface area contributed by atoms with Crippen LogP contribution in [0.5, 0.6) is 0 Å². The highest BCUT2D eigenvalue weighted by atomic mass is 31.2. The van der Waals surface area contributed by atoms with Crippen molar-refractivity contribution < 1.29 is 19.0 Å². The van der Waals surface area contributed by atoms with Crippen molar-refractivity contribution in [3.8, 4) is 0 Å². The Balaban J connectivity index is 4.45. The standard InChI is InChI=1S/C19H37O4P/c1-5-7-8-9-10-11-12-13-14-18(19(20)21)16-24(22,23-6-2)15-17(3)4/h14,17H,5-13,15-16H2,1-4H3,(H,20,21)/b18-14+. The second kappa shape index (κ2) is 13.7. The number of carboxylic acid groups (broad SMARTS) is 1. The smallest absolute Gasteiger partial charge is 0.331 e. The van der Waals surface area contributed by atoms with Crippen molar-refractivity contribution in [2.45, 2.75) is 79.1 Å². The van der Waals surface area contributed by atoms with Crippen molar-refractivity contribution in [3.05, 3.63) is 11.6 Å². The van der Waals surface area contributed by atoms with Gasteiger partial charge in [-0.2, -0.15) is 0 Å². The van der Waals surface area contributed by atoms with E-state index in [1.165, 1.54) is 32.1 Å². The van der Waals surface area contributed by atoms with Crippen LogP contribution < -0.4 is 0 Å². The van der Waals surface area contributed by atoms with Gasteiger partial charge < -0.3 is 9.63 Å². The fourth-order valence-corrected chi connectivity index (χ4v) is 5.50. The highest BCUT2D eigenvalue weighted by Crippen LogP contribution is 2.50. The zero-order chi connectivity index (χ0) is 18.4. The molecule has 0 aliphatic heterocycles. The van der Waals surface area contributed by atoms with Crippen LogP contribution in [0.25, 0.3) is 0 Å². The number of carboxylic acids is 1. The minimum atomic E-state index is -2.91. The molecule has 0 aromatic rings. The summed E-state index contributed by atoms with van der Waals surface area (Å²) in [5, 5.41) is 9.39. The van der Waals surface area contributed by atoms with E-state index in [0.717, 1.165) is 19.3 Å². The fraction of sp³-hybridized carbons (Fsp3) is 0.842. The summed E-state index contributed by atoms with van der Waals surface area (Å²) in [5.41, 5.74) is 0.249. The van der Waals surface area contributed by atoms with Gasteiger partial charge in [-0.1, -0.05) is 65.4 Å². The maximum Gasteiger partial charge on any atom is 0.331 e. The van der Waals surface area contributed by atoms with E-state index in [9.17, 15) is 14.5 Å². The van der Waals surface area contributed by atoms with Crippen LogP contribution in [0.1, 0.15) is 79.1 Å². The first-order chi connectivity index (χ1) is 11.3. The highest BCUT2D eigenvalue weighted by Gasteiger charge is 2.27. The molecule has 0 fully saturated rings. The second-order valence-electron chi connectivity index (χ2n) is 6.91. The summed E-state index contributed by atoms with van der Waals surface area (Å²) in [6.07, 6.45) is 11.4. The van der Waals surface area contributed by atoms with Gasteiger partial charge in [0.05, 0.1) is 12.8 Å². The van der Waals surface area contributed by atoms with Crippen LogP contribution in [0, 0.1) is 5.92 Å². The Hall–Kier alpha value is -0.600. The molecular formula is C19H37O4P. The van der Waals surface area contributed by atoms with Gasteiger partial charge in [0.2, 0.25) is 7.37 Å². The summed E-state index contributed by atoms with van der Waals surface area (Å²) < 4.78 is 18.3. The van der Waals surface area contributed by atoms with Crippen LogP contribution in [0.15, 0.2) is 11.6 Å². The molecule has 142 valence electrons. The lowest BCUT2D eigenvalue weighted by molar-refractivity contribution is -0.132. The molecule has 1 unspecified atom stereocenters. The Labute approximate surface area is 148 Å². The summed E-state index contributed by atoms with van der Waals surface area (Å²) >= 11 is 0. The van der Waals surface area contributed by atoms with Crippen molar-refractivity contribution in [2.75, 3.05) is 18.9 Å². The predicted molar refractivity (Wildman–Crippen MR) is 102 cm³/mol. The van der Waals surface area contributed by atoms with Gasteiger partial charge in [-0.05, 0) is 25.7 Å². The molecule has 5 heteroatoms. The van der Waals surface area contributed by atoms with E-state index >= 15 is 0 Å². The Kier molecular flexibility index (Phi) is 13.3. The van der Waals surface area contributed by atoms with Crippen LogP contribution in [0.3, 0.4) is 0 Å². The minimum absolute atomic E-state index is 0.0465. The molecule has 0 saturated heterocycles. The number of unbranched alkanes of at least 4 members (excludes halogenated alkanes) is 7. The summed E-state index contributed by atoms with van der Waals surface area (Å²) in [6.45, 7) is 8.32. The van der Waals surface area contributed by atoms with Gasteiger partial charge in [-0.25, -0.2) is 4.79 Å². The third-order valence-electron chi connectivity index (χ3n) is 3.89. The van der Waals surface area contributed by atoms with Crippen LogP contribution in [0.4, 0.5) is 0 Å². The van der Waals surface area contributed by atoms with Gasteiger partial charge >= 0.3 is 5.97 Å². The fourth-order valence-electron chi connectivity index (χ4n) is 2.81. The van der Waals surface area contributed by atoms with E-state index in [0.29, 0.717) is 12.8 Å². The van der Waals surface area contributed by atoms with E-state index < -0.39 is 13.3 Å². The van der Waals surface area contributed by atoms with E-state index in [1.54, 1.807) is 13.0 Å². The number of allylic oxidation sites excluding steroid dienone is 1. The van der Waals surface area contributed by atoms with Crippen LogP contribution in [-0.4, -0.2) is 30.0 Å². The summed E-state index contributed by atoms with van der Waals surface area (Å²) in [5.74, 6) is -0.748. The number of hydrogen-bond acceptors (Lipinski definition) is 3. The molecule has 1 atom stereocenters. The second-order valence-corrected chi connectivity index (χ2v) is 9.48. The third-order valence-corrected chi connectivity index (χ3v) is 6.73. The molecule has 0 aliphatic carbocycles. The topological polar surface area (TPSA) is 63.6 Å². The van der Waals surface area contributed by atoms with Crippen molar-refractivity contribution in [3.63, 3.8) is 0 Å². The number of rotatable bonds is 15. The molecule has 0 aliphatic rings. The maximum atomic E-state index is 12.8. The molecular weight excluding hydrogens is 323 g/mol. The van der Waals surface area contributed by atoms with Crippen LogP contribution in [0.2, 0.25) is 0 Å². The van der Waals surface area contributed by atoms with Gasteiger partial charge in [0, 0.05) is 11.7 Å². The first kappa shape index (κ1) is 23.4. The van der Waals surface area contributed by atoms with E-state index in [4.69, 9.17) is 4.52 Å². The minimum Gasteiger partial charge on any atom is -0.478 e. The molecule has 24 heavy (non-hydrogen) atoms. The van der Waals surface area contributed by atoms with Crippen molar-refractivity contribution in [2.24, 2.45) is 5.92 Å². The van der Waals surface area contributed by atoms with E-state index in [2.05, 4.69) is 6.92 Å². The van der Waals surface area contributed by atoms with Crippen LogP contribution >= 0.6 is 7.37 Å². The van der Waals surface area contributed by atoms with Gasteiger partial charge in [-0.15, -0.1) is 0 Å². The third kappa shape index (κ3) is 11.9. The Morgan fingerprint density at radius 3 is 2.17 bits per heavy atom. The van der Waals surface area contributed by atoms with Crippen molar-refractivity contribution in [1.82, 2.24) is 0 Å².